The number of ketones is 1. The number of ether oxygens (including phenoxy) is 1. The van der Waals surface area contributed by atoms with Crippen molar-refractivity contribution < 1.29 is 22.7 Å². The number of para-hydroxylation sites is 1. The van der Waals surface area contributed by atoms with E-state index in [1.54, 1.807) is 48.5 Å². The summed E-state index contributed by atoms with van der Waals surface area (Å²) < 4.78 is 30.8. The average molecular weight is 419 g/mol. The van der Waals surface area contributed by atoms with Crippen LogP contribution in [0, 0.1) is 0 Å². The van der Waals surface area contributed by atoms with E-state index in [1.165, 1.54) is 0 Å². The number of rotatable bonds is 11. The molecular formula is C21H26N2O5S. The van der Waals surface area contributed by atoms with E-state index in [-0.39, 0.29) is 31.1 Å². The van der Waals surface area contributed by atoms with Crippen molar-refractivity contribution in [2.75, 3.05) is 17.6 Å². The third kappa shape index (κ3) is 7.95. The zero-order valence-corrected chi connectivity index (χ0v) is 17.4. The summed E-state index contributed by atoms with van der Waals surface area (Å²) >= 11 is 0. The summed E-state index contributed by atoms with van der Waals surface area (Å²) in [5, 5.41) is 2.72. The molecule has 29 heavy (non-hydrogen) atoms. The van der Waals surface area contributed by atoms with Gasteiger partial charge in [-0.3, -0.25) is 14.3 Å². The van der Waals surface area contributed by atoms with Gasteiger partial charge in [0.05, 0.1) is 18.6 Å². The molecule has 0 aliphatic carbocycles. The maximum absolute atomic E-state index is 12.3. The first-order chi connectivity index (χ1) is 13.8. The van der Waals surface area contributed by atoms with Crippen LogP contribution in [-0.4, -0.2) is 33.0 Å². The normalized spacial score (nSPS) is 11.0. The van der Waals surface area contributed by atoms with Gasteiger partial charge in [0.15, 0.2) is 5.78 Å². The molecular weight excluding hydrogens is 392 g/mol. The van der Waals surface area contributed by atoms with Crippen LogP contribution in [0.5, 0.6) is 5.75 Å². The molecule has 1 amide bonds. The smallest absolute Gasteiger partial charge is 0.229 e. The Morgan fingerprint density at radius 2 is 1.69 bits per heavy atom. The molecule has 0 atom stereocenters. The van der Waals surface area contributed by atoms with Gasteiger partial charge < -0.3 is 10.1 Å². The van der Waals surface area contributed by atoms with Crippen LogP contribution in [0.2, 0.25) is 0 Å². The van der Waals surface area contributed by atoms with Crippen molar-refractivity contribution in [3.8, 4) is 5.75 Å². The second-order valence-corrected chi connectivity index (χ2v) is 8.35. The van der Waals surface area contributed by atoms with E-state index < -0.39 is 10.0 Å². The molecule has 156 valence electrons. The molecule has 2 aromatic carbocycles. The summed E-state index contributed by atoms with van der Waals surface area (Å²) in [7, 11) is -3.42. The van der Waals surface area contributed by atoms with Gasteiger partial charge in [-0.15, -0.1) is 0 Å². The highest BCUT2D eigenvalue weighted by atomic mass is 32.2. The highest BCUT2D eigenvalue weighted by Crippen LogP contribution is 2.17. The van der Waals surface area contributed by atoms with Gasteiger partial charge in [-0.1, -0.05) is 25.1 Å². The summed E-state index contributed by atoms with van der Waals surface area (Å²) in [6.07, 6.45) is 2.11. The SMILES string of the molecule is CCCOc1ccc(C(=O)CCC(=O)NCc2ccccc2NS(C)(=O)=O)cc1. The number of sulfonamides is 1. The fourth-order valence-corrected chi connectivity index (χ4v) is 3.18. The molecule has 7 nitrogen and oxygen atoms in total. The first-order valence-electron chi connectivity index (χ1n) is 9.37. The lowest BCUT2D eigenvalue weighted by Gasteiger charge is -2.11. The lowest BCUT2D eigenvalue weighted by molar-refractivity contribution is -0.121. The first kappa shape index (κ1) is 22.4. The Morgan fingerprint density at radius 3 is 2.34 bits per heavy atom. The highest BCUT2D eigenvalue weighted by Gasteiger charge is 2.11. The van der Waals surface area contributed by atoms with E-state index in [0.29, 0.717) is 29.2 Å². The van der Waals surface area contributed by atoms with Crippen LogP contribution < -0.4 is 14.8 Å². The third-order valence-corrected chi connectivity index (χ3v) is 4.61. The summed E-state index contributed by atoms with van der Waals surface area (Å²) in [4.78, 5) is 24.4. The molecule has 0 saturated heterocycles. The van der Waals surface area contributed by atoms with E-state index in [9.17, 15) is 18.0 Å². The molecule has 0 fully saturated rings. The van der Waals surface area contributed by atoms with E-state index in [0.717, 1.165) is 12.7 Å². The maximum atomic E-state index is 12.3. The van der Waals surface area contributed by atoms with E-state index >= 15 is 0 Å². The molecule has 0 heterocycles. The molecule has 2 aromatic rings. The Morgan fingerprint density at radius 1 is 1.00 bits per heavy atom. The predicted octanol–water partition coefficient (Wildman–Crippen LogP) is 3.13. The van der Waals surface area contributed by atoms with Crippen LogP contribution in [0.3, 0.4) is 0 Å². The Hall–Kier alpha value is -2.87. The van der Waals surface area contributed by atoms with Gasteiger partial charge in [0.1, 0.15) is 5.75 Å². The second-order valence-electron chi connectivity index (χ2n) is 6.60. The van der Waals surface area contributed by atoms with Crippen LogP contribution in [0.15, 0.2) is 48.5 Å². The Labute approximate surface area is 171 Å². The molecule has 0 bridgehead atoms. The molecule has 0 unspecified atom stereocenters. The fraction of sp³-hybridized carbons (Fsp3) is 0.333. The van der Waals surface area contributed by atoms with Gasteiger partial charge >= 0.3 is 0 Å². The van der Waals surface area contributed by atoms with Crippen LogP contribution in [0.1, 0.15) is 42.1 Å². The molecule has 0 spiro atoms. The quantitative estimate of drug-likeness (QED) is 0.546. The standard InChI is InChI=1S/C21H26N2O5S/c1-3-14-28-18-10-8-16(9-11-18)20(24)12-13-21(25)22-15-17-6-4-5-7-19(17)23-29(2,26)27/h4-11,23H,3,12-15H2,1-2H3,(H,22,25). The Bertz CT molecular complexity index is 940. The largest absolute Gasteiger partial charge is 0.494 e. The lowest BCUT2D eigenvalue weighted by Crippen LogP contribution is -2.24. The summed E-state index contributed by atoms with van der Waals surface area (Å²) in [5.74, 6) is 0.305. The number of hydrogen-bond acceptors (Lipinski definition) is 5. The van der Waals surface area contributed by atoms with Crippen LogP contribution in [0.25, 0.3) is 0 Å². The van der Waals surface area contributed by atoms with Crippen molar-refractivity contribution in [1.82, 2.24) is 5.32 Å². The number of anilines is 1. The number of carbonyl (C=O) groups is 2. The van der Waals surface area contributed by atoms with Crippen LogP contribution in [-0.2, 0) is 21.4 Å². The van der Waals surface area contributed by atoms with Gasteiger partial charge in [0.25, 0.3) is 0 Å². The zero-order valence-electron chi connectivity index (χ0n) is 16.6. The number of Topliss-reactive ketones (excluding diaryl/α,β-unsaturated/α-hetero) is 1. The predicted molar refractivity (Wildman–Crippen MR) is 113 cm³/mol. The van der Waals surface area contributed by atoms with Gasteiger partial charge in [-0.25, -0.2) is 8.42 Å². The molecule has 0 aromatic heterocycles. The first-order valence-corrected chi connectivity index (χ1v) is 11.3. The van der Waals surface area contributed by atoms with Crippen LogP contribution >= 0.6 is 0 Å². The molecule has 0 radical (unpaired) electrons. The van der Waals surface area contributed by atoms with Crippen molar-refractivity contribution in [2.45, 2.75) is 32.7 Å². The van der Waals surface area contributed by atoms with E-state index in [2.05, 4.69) is 10.0 Å². The minimum absolute atomic E-state index is 0.0502. The van der Waals surface area contributed by atoms with Gasteiger partial charge in [-0.2, -0.15) is 0 Å². The Kier molecular flexibility index (Phi) is 8.21. The molecule has 2 rings (SSSR count). The summed E-state index contributed by atoms with van der Waals surface area (Å²) in [6, 6.07) is 13.7. The zero-order chi connectivity index (χ0) is 21.3. The lowest BCUT2D eigenvalue weighted by atomic mass is 10.1. The van der Waals surface area contributed by atoms with Crippen molar-refractivity contribution in [3.63, 3.8) is 0 Å². The highest BCUT2D eigenvalue weighted by molar-refractivity contribution is 7.92. The topological polar surface area (TPSA) is 102 Å². The average Bonchev–Trinajstić information content (AvgIpc) is 2.69. The molecule has 8 heteroatoms. The van der Waals surface area contributed by atoms with Crippen molar-refractivity contribution in [1.29, 1.82) is 0 Å². The van der Waals surface area contributed by atoms with Gasteiger partial charge in [0, 0.05) is 24.9 Å². The molecule has 2 N–H and O–H groups in total. The Balaban J connectivity index is 1.84. The molecule has 0 saturated carbocycles. The minimum Gasteiger partial charge on any atom is -0.494 e. The number of amides is 1. The van der Waals surface area contributed by atoms with Crippen LogP contribution in [0.4, 0.5) is 5.69 Å². The monoisotopic (exact) mass is 418 g/mol. The maximum Gasteiger partial charge on any atom is 0.229 e. The van der Waals surface area contributed by atoms with E-state index in [1.807, 2.05) is 6.92 Å². The number of benzene rings is 2. The van der Waals surface area contributed by atoms with Crippen molar-refractivity contribution >= 4 is 27.4 Å². The third-order valence-electron chi connectivity index (χ3n) is 4.02. The second kappa shape index (κ2) is 10.6. The molecule has 0 aliphatic rings. The molecule has 0 aliphatic heterocycles. The van der Waals surface area contributed by atoms with Crippen molar-refractivity contribution in [3.05, 3.63) is 59.7 Å². The minimum atomic E-state index is -3.42. The van der Waals surface area contributed by atoms with Gasteiger partial charge in [-0.05, 0) is 42.3 Å². The van der Waals surface area contributed by atoms with E-state index in [4.69, 9.17) is 4.74 Å². The summed E-state index contributed by atoms with van der Waals surface area (Å²) in [5.41, 5.74) is 1.58. The number of hydrogen-bond donors (Lipinski definition) is 2. The summed E-state index contributed by atoms with van der Waals surface area (Å²) in [6.45, 7) is 2.80. The number of carbonyl (C=O) groups excluding carboxylic acids is 2. The number of nitrogens with one attached hydrogen (secondary N) is 2. The van der Waals surface area contributed by atoms with Crippen molar-refractivity contribution in [2.24, 2.45) is 0 Å². The fourth-order valence-electron chi connectivity index (χ4n) is 2.58. The van der Waals surface area contributed by atoms with Gasteiger partial charge in [0.2, 0.25) is 15.9 Å².